The van der Waals surface area contributed by atoms with Gasteiger partial charge in [0.1, 0.15) is 0 Å². The summed E-state index contributed by atoms with van der Waals surface area (Å²) in [5, 5.41) is 3.27. The third-order valence-electron chi connectivity index (χ3n) is 2.86. The van der Waals surface area contributed by atoms with Gasteiger partial charge in [0.05, 0.1) is 58.6 Å². The van der Waals surface area contributed by atoms with Crippen molar-refractivity contribution in [1.82, 2.24) is 10.0 Å². The van der Waals surface area contributed by atoms with E-state index < -0.39 is 10.0 Å². The number of ether oxygens (including phenoxy) is 4. The van der Waals surface area contributed by atoms with Crippen LogP contribution in [0, 0.1) is 0 Å². The van der Waals surface area contributed by atoms with E-state index in [0.29, 0.717) is 58.9 Å². The molecule has 0 unspecified atom stereocenters. The van der Waals surface area contributed by atoms with Gasteiger partial charge in [0, 0.05) is 19.1 Å². The van der Waals surface area contributed by atoms with E-state index in [2.05, 4.69) is 23.9 Å². The highest BCUT2D eigenvalue weighted by Crippen LogP contribution is 1.84. The molecule has 0 heterocycles. The highest BCUT2D eigenvalue weighted by Gasteiger charge is 2.04. The maximum Gasteiger partial charge on any atom is 0.211 e. The molecule has 0 aromatic rings. The van der Waals surface area contributed by atoms with Gasteiger partial charge in [0.25, 0.3) is 0 Å². The molecular weight excluding hydrogens is 336 g/mol. The van der Waals surface area contributed by atoms with Gasteiger partial charge in [-0.05, 0) is 6.92 Å². The second-order valence-electron chi connectivity index (χ2n) is 5.36. The normalized spacial score (nSPS) is 12.2. The lowest BCUT2D eigenvalue weighted by Gasteiger charge is -2.09. The van der Waals surface area contributed by atoms with Crippen molar-refractivity contribution in [2.45, 2.75) is 26.8 Å². The first-order valence-electron chi connectivity index (χ1n) is 8.49. The van der Waals surface area contributed by atoms with E-state index in [-0.39, 0.29) is 12.3 Å². The molecule has 0 aromatic carbocycles. The number of nitrogens with one attached hydrogen (secondary N) is 2. The maximum atomic E-state index is 11.1. The van der Waals surface area contributed by atoms with Crippen LogP contribution in [0.4, 0.5) is 0 Å². The molecule has 0 atom stereocenters. The lowest BCUT2D eigenvalue weighted by Crippen LogP contribution is -2.29. The lowest BCUT2D eigenvalue weighted by molar-refractivity contribution is -0.000903. The summed E-state index contributed by atoms with van der Waals surface area (Å²) in [7, 11) is -3.13. The first-order chi connectivity index (χ1) is 11.5. The average Bonchev–Trinajstić information content (AvgIpc) is 2.54. The van der Waals surface area contributed by atoms with Crippen molar-refractivity contribution in [3.63, 3.8) is 0 Å². The van der Waals surface area contributed by atoms with Crippen LogP contribution < -0.4 is 10.0 Å². The van der Waals surface area contributed by atoms with E-state index in [0.717, 1.165) is 6.54 Å². The summed E-state index contributed by atoms with van der Waals surface area (Å²) in [4.78, 5) is 0. The number of hydrogen-bond donors (Lipinski definition) is 2. The minimum Gasteiger partial charge on any atom is -0.378 e. The van der Waals surface area contributed by atoms with Gasteiger partial charge in [-0.2, -0.15) is 0 Å². The molecule has 0 amide bonds. The largest absolute Gasteiger partial charge is 0.378 e. The highest BCUT2D eigenvalue weighted by molar-refractivity contribution is 7.89. The third-order valence-corrected chi connectivity index (χ3v) is 4.27. The van der Waals surface area contributed by atoms with Crippen LogP contribution in [0.3, 0.4) is 0 Å². The summed E-state index contributed by atoms with van der Waals surface area (Å²) in [5.41, 5.74) is 0. The zero-order chi connectivity index (χ0) is 18.1. The Morgan fingerprint density at radius 2 is 1.17 bits per heavy atom. The molecule has 24 heavy (non-hydrogen) atoms. The topological polar surface area (TPSA) is 95.1 Å². The molecule has 9 heteroatoms. The molecule has 0 spiro atoms. The SMILES string of the molecule is CCS(=O)(=O)NCCOCCOCCOCCOCCNC(C)C. The first-order valence-corrected chi connectivity index (χ1v) is 10.1. The molecule has 0 fully saturated rings. The highest BCUT2D eigenvalue weighted by atomic mass is 32.2. The Labute approximate surface area is 146 Å². The van der Waals surface area contributed by atoms with Gasteiger partial charge < -0.3 is 24.3 Å². The molecule has 146 valence electrons. The lowest BCUT2D eigenvalue weighted by atomic mass is 10.4. The summed E-state index contributed by atoms with van der Waals surface area (Å²) in [6.45, 7) is 11.0. The Morgan fingerprint density at radius 3 is 1.58 bits per heavy atom. The molecule has 0 bridgehead atoms. The van der Waals surface area contributed by atoms with Crippen LogP contribution in [0.2, 0.25) is 0 Å². The average molecular weight is 371 g/mol. The fourth-order valence-corrected chi connectivity index (χ4v) is 2.15. The summed E-state index contributed by atoms with van der Waals surface area (Å²) in [6.07, 6.45) is 0. The van der Waals surface area contributed by atoms with Crippen LogP contribution in [0.5, 0.6) is 0 Å². The van der Waals surface area contributed by atoms with Gasteiger partial charge in [0.15, 0.2) is 0 Å². The van der Waals surface area contributed by atoms with Gasteiger partial charge in [-0.25, -0.2) is 13.1 Å². The zero-order valence-corrected chi connectivity index (χ0v) is 16.0. The van der Waals surface area contributed by atoms with E-state index in [1.165, 1.54) is 0 Å². The first kappa shape index (κ1) is 23.7. The van der Waals surface area contributed by atoms with Gasteiger partial charge in [-0.15, -0.1) is 0 Å². The maximum absolute atomic E-state index is 11.1. The van der Waals surface area contributed by atoms with Crippen LogP contribution in [0.1, 0.15) is 20.8 Å². The minimum absolute atomic E-state index is 0.0794. The van der Waals surface area contributed by atoms with E-state index >= 15 is 0 Å². The number of rotatable bonds is 18. The molecular formula is C15H34N2O6S. The quantitative estimate of drug-likeness (QED) is 0.328. The molecule has 0 radical (unpaired) electrons. The summed E-state index contributed by atoms with van der Waals surface area (Å²) < 4.78 is 46.1. The summed E-state index contributed by atoms with van der Waals surface area (Å²) >= 11 is 0. The molecule has 8 nitrogen and oxygen atoms in total. The van der Waals surface area contributed by atoms with Crippen LogP contribution in [0.25, 0.3) is 0 Å². The van der Waals surface area contributed by atoms with Crippen LogP contribution in [0.15, 0.2) is 0 Å². The Morgan fingerprint density at radius 1 is 0.750 bits per heavy atom. The van der Waals surface area contributed by atoms with Crippen molar-refractivity contribution in [3.8, 4) is 0 Å². The monoisotopic (exact) mass is 370 g/mol. The van der Waals surface area contributed by atoms with Gasteiger partial charge in [-0.1, -0.05) is 13.8 Å². The second-order valence-corrected chi connectivity index (χ2v) is 7.45. The minimum atomic E-state index is -3.13. The fourth-order valence-electron chi connectivity index (χ4n) is 1.55. The molecule has 2 N–H and O–H groups in total. The molecule has 0 aromatic heterocycles. The van der Waals surface area contributed by atoms with Crippen molar-refractivity contribution in [1.29, 1.82) is 0 Å². The smallest absolute Gasteiger partial charge is 0.211 e. The van der Waals surface area contributed by atoms with Gasteiger partial charge >= 0.3 is 0 Å². The van der Waals surface area contributed by atoms with Crippen LogP contribution >= 0.6 is 0 Å². The molecule has 0 saturated heterocycles. The standard InChI is InChI=1S/C15H34N2O6S/c1-4-24(18,19)17-6-8-21-10-12-23-14-13-22-11-9-20-7-5-16-15(2)3/h15-17H,4-14H2,1-3H3. The van der Waals surface area contributed by atoms with Crippen molar-refractivity contribution in [2.24, 2.45) is 0 Å². The van der Waals surface area contributed by atoms with E-state index in [4.69, 9.17) is 18.9 Å². The molecule has 0 rings (SSSR count). The van der Waals surface area contributed by atoms with Crippen molar-refractivity contribution in [3.05, 3.63) is 0 Å². The Kier molecular flexibility index (Phi) is 16.0. The van der Waals surface area contributed by atoms with Crippen molar-refractivity contribution < 1.29 is 27.4 Å². The summed E-state index contributed by atoms with van der Waals surface area (Å²) in [6, 6.07) is 0.478. The number of hydrogen-bond acceptors (Lipinski definition) is 7. The second kappa shape index (κ2) is 16.2. The van der Waals surface area contributed by atoms with Crippen LogP contribution in [-0.2, 0) is 29.0 Å². The summed E-state index contributed by atoms with van der Waals surface area (Å²) in [5.74, 6) is 0.0794. The predicted molar refractivity (Wildman–Crippen MR) is 93.9 cm³/mol. The third kappa shape index (κ3) is 18.1. The van der Waals surface area contributed by atoms with Gasteiger partial charge in [-0.3, -0.25) is 0 Å². The van der Waals surface area contributed by atoms with E-state index in [9.17, 15) is 8.42 Å². The Bertz CT molecular complexity index is 365. The number of sulfonamides is 1. The predicted octanol–water partition coefficient (Wildman–Crippen LogP) is -0.00990. The van der Waals surface area contributed by atoms with Gasteiger partial charge in [0.2, 0.25) is 10.0 Å². The molecule has 0 aliphatic carbocycles. The van der Waals surface area contributed by atoms with Crippen molar-refractivity contribution in [2.75, 3.05) is 71.7 Å². The fraction of sp³-hybridized carbons (Fsp3) is 1.00. The van der Waals surface area contributed by atoms with Crippen molar-refractivity contribution >= 4 is 10.0 Å². The van der Waals surface area contributed by atoms with Crippen LogP contribution in [-0.4, -0.2) is 86.2 Å². The molecule has 0 aliphatic heterocycles. The molecule has 0 saturated carbocycles. The van der Waals surface area contributed by atoms with E-state index in [1.54, 1.807) is 6.92 Å². The Balaban J connectivity index is 3.10. The van der Waals surface area contributed by atoms with E-state index in [1.807, 2.05) is 0 Å². The molecule has 0 aliphatic rings. The zero-order valence-electron chi connectivity index (χ0n) is 15.2. The Hall–Kier alpha value is -0.290.